The molecule has 6 N–H and O–H groups in total. The van der Waals surface area contributed by atoms with Crippen LogP contribution in [0.1, 0.15) is 36.0 Å². The average molecular weight is 249 g/mol. The number of hydrogen-bond donors (Lipinski definition) is 4. The molecule has 0 bridgehead atoms. The first-order valence-electron chi connectivity index (χ1n) is 6.21. The highest BCUT2D eigenvalue weighted by Gasteiger charge is 2.24. The molecule has 1 fully saturated rings. The van der Waals surface area contributed by atoms with Gasteiger partial charge in [-0.1, -0.05) is 12.8 Å². The molecule has 0 aliphatic heterocycles. The van der Waals surface area contributed by atoms with Gasteiger partial charge in [0, 0.05) is 16.9 Å². The predicted octanol–water partition coefficient (Wildman–Crippen LogP) is 0.884. The predicted molar refractivity (Wildman–Crippen MR) is 71.0 cm³/mol. The molecule has 18 heavy (non-hydrogen) atoms. The fraction of sp³-hybridized carbons (Fsp3) is 0.462. The summed E-state index contributed by atoms with van der Waals surface area (Å²) < 4.78 is 0. The zero-order valence-corrected chi connectivity index (χ0v) is 10.2. The minimum atomic E-state index is -0.457. The first kappa shape index (κ1) is 12.7. The van der Waals surface area contributed by atoms with Gasteiger partial charge in [0.1, 0.15) is 0 Å². The number of carbonyl (C=O) groups excluding carboxylic acids is 1. The van der Waals surface area contributed by atoms with Crippen molar-refractivity contribution in [1.29, 1.82) is 0 Å². The average Bonchev–Trinajstić information content (AvgIpc) is 2.31. The van der Waals surface area contributed by atoms with E-state index in [1.54, 1.807) is 18.2 Å². The van der Waals surface area contributed by atoms with E-state index < -0.39 is 6.10 Å². The molecule has 0 radical (unpaired) electrons. The second-order valence-electron chi connectivity index (χ2n) is 4.82. The number of amides is 1. The second-order valence-corrected chi connectivity index (χ2v) is 4.82. The molecular formula is C13H19N3O2. The van der Waals surface area contributed by atoms with E-state index in [0.29, 0.717) is 16.9 Å². The Morgan fingerprint density at radius 3 is 2.39 bits per heavy atom. The molecule has 0 aromatic heterocycles. The summed E-state index contributed by atoms with van der Waals surface area (Å²) in [5.74, 6) is -0.236. The maximum absolute atomic E-state index is 12.0. The van der Waals surface area contributed by atoms with E-state index in [1.807, 2.05) is 0 Å². The first-order valence-corrected chi connectivity index (χ1v) is 6.21. The van der Waals surface area contributed by atoms with Gasteiger partial charge in [0.05, 0.1) is 12.1 Å². The van der Waals surface area contributed by atoms with E-state index in [9.17, 15) is 9.90 Å². The number of carbonyl (C=O) groups is 1. The fourth-order valence-electron chi connectivity index (χ4n) is 2.34. The van der Waals surface area contributed by atoms with Crippen LogP contribution in [0.4, 0.5) is 11.4 Å². The number of aliphatic hydroxyl groups is 1. The van der Waals surface area contributed by atoms with Gasteiger partial charge >= 0.3 is 0 Å². The van der Waals surface area contributed by atoms with Crippen molar-refractivity contribution < 1.29 is 9.90 Å². The Kier molecular flexibility index (Phi) is 3.72. The summed E-state index contributed by atoms with van der Waals surface area (Å²) >= 11 is 0. The SMILES string of the molecule is Nc1cc(N)cc(C(=O)N[C@H]2CCCC[C@@H]2O)c1. The zero-order chi connectivity index (χ0) is 13.1. The third kappa shape index (κ3) is 2.92. The van der Waals surface area contributed by atoms with Crippen LogP contribution in [0.2, 0.25) is 0 Å². The topological polar surface area (TPSA) is 101 Å². The number of aliphatic hydroxyl groups excluding tert-OH is 1. The van der Waals surface area contributed by atoms with Crippen LogP contribution in [0.5, 0.6) is 0 Å². The molecule has 1 aliphatic rings. The minimum Gasteiger partial charge on any atom is -0.399 e. The molecule has 2 atom stereocenters. The van der Waals surface area contributed by atoms with Gasteiger partial charge in [-0.05, 0) is 31.0 Å². The molecule has 0 heterocycles. The summed E-state index contributed by atoms with van der Waals surface area (Å²) in [4.78, 5) is 12.0. The smallest absolute Gasteiger partial charge is 0.251 e. The van der Waals surface area contributed by atoms with Crippen LogP contribution in [-0.4, -0.2) is 23.2 Å². The summed E-state index contributed by atoms with van der Waals surface area (Å²) in [6, 6.07) is 4.60. The Bertz CT molecular complexity index is 428. The van der Waals surface area contributed by atoms with E-state index in [-0.39, 0.29) is 11.9 Å². The molecule has 1 amide bonds. The molecule has 5 nitrogen and oxygen atoms in total. The summed E-state index contributed by atoms with van der Waals surface area (Å²) in [7, 11) is 0. The van der Waals surface area contributed by atoms with Crippen molar-refractivity contribution in [3.63, 3.8) is 0 Å². The lowest BCUT2D eigenvalue weighted by Gasteiger charge is -2.28. The van der Waals surface area contributed by atoms with Gasteiger partial charge in [-0.15, -0.1) is 0 Å². The monoisotopic (exact) mass is 249 g/mol. The van der Waals surface area contributed by atoms with Crippen molar-refractivity contribution in [2.45, 2.75) is 37.8 Å². The number of nitrogens with one attached hydrogen (secondary N) is 1. The normalized spacial score (nSPS) is 23.6. The van der Waals surface area contributed by atoms with Gasteiger partial charge in [0.15, 0.2) is 0 Å². The quantitative estimate of drug-likeness (QED) is 0.584. The number of anilines is 2. The van der Waals surface area contributed by atoms with Crippen LogP contribution >= 0.6 is 0 Å². The van der Waals surface area contributed by atoms with Crippen molar-refractivity contribution in [3.8, 4) is 0 Å². The summed E-state index contributed by atoms with van der Waals surface area (Å²) in [5, 5.41) is 12.6. The Hall–Kier alpha value is -1.75. The molecule has 98 valence electrons. The molecule has 0 saturated heterocycles. The lowest BCUT2D eigenvalue weighted by atomic mass is 9.92. The highest BCUT2D eigenvalue weighted by atomic mass is 16.3. The van der Waals surface area contributed by atoms with Gasteiger partial charge in [-0.25, -0.2) is 0 Å². The molecular weight excluding hydrogens is 230 g/mol. The number of hydrogen-bond acceptors (Lipinski definition) is 4. The molecule has 1 aromatic carbocycles. The van der Waals surface area contributed by atoms with Crippen molar-refractivity contribution in [2.75, 3.05) is 11.5 Å². The maximum Gasteiger partial charge on any atom is 0.251 e. The number of rotatable bonds is 2. The highest BCUT2D eigenvalue weighted by Crippen LogP contribution is 2.19. The van der Waals surface area contributed by atoms with Crippen molar-refractivity contribution in [1.82, 2.24) is 5.32 Å². The van der Waals surface area contributed by atoms with Crippen LogP contribution in [0.25, 0.3) is 0 Å². The van der Waals surface area contributed by atoms with Crippen molar-refractivity contribution >= 4 is 17.3 Å². The maximum atomic E-state index is 12.0. The lowest BCUT2D eigenvalue weighted by molar-refractivity contribution is 0.0717. The zero-order valence-electron chi connectivity index (χ0n) is 10.2. The molecule has 5 heteroatoms. The highest BCUT2D eigenvalue weighted by molar-refractivity contribution is 5.96. The van der Waals surface area contributed by atoms with E-state index in [1.165, 1.54) is 0 Å². The molecule has 1 saturated carbocycles. The molecule has 1 aromatic rings. The van der Waals surface area contributed by atoms with Gasteiger partial charge < -0.3 is 21.9 Å². The van der Waals surface area contributed by atoms with Gasteiger partial charge in [-0.2, -0.15) is 0 Å². The molecule has 2 rings (SSSR count). The van der Waals surface area contributed by atoms with Crippen molar-refractivity contribution in [2.24, 2.45) is 0 Å². The minimum absolute atomic E-state index is 0.172. The van der Waals surface area contributed by atoms with Gasteiger partial charge in [0.25, 0.3) is 5.91 Å². The lowest BCUT2D eigenvalue weighted by Crippen LogP contribution is -2.45. The third-order valence-corrected chi connectivity index (χ3v) is 3.29. The molecule has 0 unspecified atom stereocenters. The van der Waals surface area contributed by atoms with Crippen LogP contribution < -0.4 is 16.8 Å². The third-order valence-electron chi connectivity index (χ3n) is 3.29. The van der Waals surface area contributed by atoms with Gasteiger partial charge in [0.2, 0.25) is 0 Å². The van der Waals surface area contributed by atoms with Crippen molar-refractivity contribution in [3.05, 3.63) is 23.8 Å². The first-order chi connectivity index (χ1) is 8.56. The standard InChI is InChI=1S/C13H19N3O2/c14-9-5-8(6-10(15)7-9)13(18)16-11-3-1-2-4-12(11)17/h5-7,11-12,17H,1-4,14-15H2,(H,16,18)/t11-,12-/m0/s1. The summed E-state index contributed by atoms with van der Waals surface area (Å²) in [6.45, 7) is 0. The van der Waals surface area contributed by atoms with E-state index in [4.69, 9.17) is 11.5 Å². The van der Waals surface area contributed by atoms with Crippen LogP contribution in [0.15, 0.2) is 18.2 Å². The number of benzene rings is 1. The molecule has 0 spiro atoms. The Balaban J connectivity index is 2.06. The Labute approximate surface area is 106 Å². The second kappa shape index (κ2) is 5.27. The summed E-state index contributed by atoms with van der Waals surface area (Å²) in [6.07, 6.45) is 3.13. The van der Waals surface area contributed by atoms with Crippen LogP contribution in [0.3, 0.4) is 0 Å². The van der Waals surface area contributed by atoms with E-state index >= 15 is 0 Å². The largest absolute Gasteiger partial charge is 0.399 e. The molecule has 1 aliphatic carbocycles. The van der Waals surface area contributed by atoms with E-state index in [2.05, 4.69) is 5.32 Å². The number of nitrogen functional groups attached to an aromatic ring is 2. The van der Waals surface area contributed by atoms with E-state index in [0.717, 1.165) is 25.7 Å². The van der Waals surface area contributed by atoms with Crippen LogP contribution in [0, 0.1) is 0 Å². The van der Waals surface area contributed by atoms with Gasteiger partial charge in [-0.3, -0.25) is 4.79 Å². The summed E-state index contributed by atoms with van der Waals surface area (Å²) in [5.41, 5.74) is 12.7. The Morgan fingerprint density at radius 2 is 1.78 bits per heavy atom. The Morgan fingerprint density at radius 1 is 1.17 bits per heavy atom. The number of nitrogens with two attached hydrogens (primary N) is 2. The fourth-order valence-corrected chi connectivity index (χ4v) is 2.34. The van der Waals surface area contributed by atoms with Crippen LogP contribution in [-0.2, 0) is 0 Å².